The molecule has 0 amide bonds. The first kappa shape index (κ1) is 14.5. The summed E-state index contributed by atoms with van der Waals surface area (Å²) in [7, 11) is 0. The second kappa shape index (κ2) is 7.04. The van der Waals surface area contributed by atoms with Gasteiger partial charge in [-0.1, -0.05) is 30.3 Å². The minimum Gasteiger partial charge on any atom is -0.395 e. The van der Waals surface area contributed by atoms with Gasteiger partial charge in [0.1, 0.15) is 0 Å². The van der Waals surface area contributed by atoms with Gasteiger partial charge in [-0.25, -0.2) is 0 Å². The molecule has 1 saturated heterocycles. The largest absolute Gasteiger partial charge is 0.395 e. The monoisotopic (exact) mass is 262 g/mol. The van der Waals surface area contributed by atoms with Crippen LogP contribution in [-0.2, 0) is 0 Å². The molecule has 1 heterocycles. The highest BCUT2D eigenvalue weighted by atomic mass is 16.3. The van der Waals surface area contributed by atoms with Crippen molar-refractivity contribution in [1.29, 1.82) is 0 Å². The summed E-state index contributed by atoms with van der Waals surface area (Å²) in [6.45, 7) is 7.65. The molecule has 0 aromatic heterocycles. The van der Waals surface area contributed by atoms with E-state index >= 15 is 0 Å². The number of aliphatic hydroxyl groups excluding tert-OH is 1. The van der Waals surface area contributed by atoms with E-state index in [0.717, 1.165) is 19.5 Å². The molecule has 2 atom stereocenters. The molecule has 1 aromatic rings. The predicted molar refractivity (Wildman–Crippen MR) is 79.4 cm³/mol. The van der Waals surface area contributed by atoms with Crippen molar-refractivity contribution in [2.45, 2.75) is 38.3 Å². The van der Waals surface area contributed by atoms with E-state index in [2.05, 4.69) is 54.4 Å². The summed E-state index contributed by atoms with van der Waals surface area (Å²) in [5.41, 5.74) is 1.43. The highest BCUT2D eigenvalue weighted by Crippen LogP contribution is 2.27. The van der Waals surface area contributed by atoms with Crippen LogP contribution in [0.3, 0.4) is 0 Å². The highest BCUT2D eigenvalue weighted by Gasteiger charge is 2.28. The van der Waals surface area contributed by atoms with Gasteiger partial charge in [-0.2, -0.15) is 0 Å². The minimum absolute atomic E-state index is 0.216. The van der Waals surface area contributed by atoms with Crippen molar-refractivity contribution >= 4 is 0 Å². The van der Waals surface area contributed by atoms with E-state index in [0.29, 0.717) is 24.5 Å². The van der Waals surface area contributed by atoms with E-state index in [-0.39, 0.29) is 6.61 Å². The van der Waals surface area contributed by atoms with E-state index < -0.39 is 0 Å². The van der Waals surface area contributed by atoms with E-state index in [1.54, 1.807) is 0 Å². The van der Waals surface area contributed by atoms with Crippen LogP contribution in [0.15, 0.2) is 30.3 Å². The van der Waals surface area contributed by atoms with Gasteiger partial charge in [-0.3, -0.25) is 4.90 Å². The Hall–Kier alpha value is -0.900. The lowest BCUT2D eigenvalue weighted by Crippen LogP contribution is -2.51. The Labute approximate surface area is 116 Å². The molecule has 2 N–H and O–H groups in total. The van der Waals surface area contributed by atoms with Crippen molar-refractivity contribution in [1.82, 2.24) is 10.2 Å². The highest BCUT2D eigenvalue weighted by molar-refractivity contribution is 5.21. The molecule has 1 fully saturated rings. The third-order valence-electron chi connectivity index (χ3n) is 4.02. The van der Waals surface area contributed by atoms with Crippen LogP contribution in [0, 0.1) is 0 Å². The van der Waals surface area contributed by atoms with Crippen molar-refractivity contribution in [3.8, 4) is 0 Å². The van der Waals surface area contributed by atoms with Crippen LogP contribution >= 0.6 is 0 Å². The molecule has 1 aliphatic rings. The van der Waals surface area contributed by atoms with E-state index in [1.807, 2.05) is 0 Å². The Bertz CT molecular complexity index is 366. The number of likely N-dealkylation sites (tertiary alicyclic amines) is 1. The Morgan fingerprint density at radius 1 is 1.26 bits per heavy atom. The van der Waals surface area contributed by atoms with Crippen molar-refractivity contribution < 1.29 is 5.11 Å². The fourth-order valence-electron chi connectivity index (χ4n) is 2.94. The van der Waals surface area contributed by atoms with Crippen LogP contribution in [0.2, 0.25) is 0 Å². The smallest absolute Gasteiger partial charge is 0.0556 e. The Balaban J connectivity index is 2.06. The van der Waals surface area contributed by atoms with Gasteiger partial charge >= 0.3 is 0 Å². The van der Waals surface area contributed by atoms with Crippen molar-refractivity contribution in [2.75, 3.05) is 26.2 Å². The third-order valence-corrected chi connectivity index (χ3v) is 4.02. The maximum Gasteiger partial charge on any atom is 0.0556 e. The number of hydrogen-bond donors (Lipinski definition) is 2. The van der Waals surface area contributed by atoms with Gasteiger partial charge in [0.05, 0.1) is 6.61 Å². The van der Waals surface area contributed by atoms with Gasteiger partial charge in [0.25, 0.3) is 0 Å². The molecule has 2 unspecified atom stereocenters. The number of benzene rings is 1. The first-order chi connectivity index (χ1) is 9.20. The molecule has 0 radical (unpaired) electrons. The standard InChI is InChI=1S/C16H26N2O/c1-13(2)18-11-15(14-6-4-3-5-7-14)10-16(12-18)17-8-9-19/h3-7,13,15-17,19H,8-12H2,1-2H3. The number of piperidine rings is 1. The number of aliphatic hydroxyl groups is 1. The maximum absolute atomic E-state index is 8.98. The summed E-state index contributed by atoms with van der Waals surface area (Å²) in [5, 5.41) is 12.4. The van der Waals surface area contributed by atoms with Crippen molar-refractivity contribution in [2.24, 2.45) is 0 Å². The first-order valence-electron chi connectivity index (χ1n) is 7.34. The lowest BCUT2D eigenvalue weighted by molar-refractivity contribution is 0.134. The summed E-state index contributed by atoms with van der Waals surface area (Å²) in [4.78, 5) is 2.54. The van der Waals surface area contributed by atoms with E-state index in [1.165, 1.54) is 5.56 Å². The molecule has 3 heteroatoms. The molecule has 106 valence electrons. The van der Waals surface area contributed by atoms with Gasteiger partial charge in [-0.15, -0.1) is 0 Å². The zero-order valence-corrected chi connectivity index (χ0v) is 12.0. The lowest BCUT2D eigenvalue weighted by atomic mass is 9.87. The predicted octanol–water partition coefficient (Wildman–Crippen LogP) is 1.83. The minimum atomic E-state index is 0.216. The van der Waals surface area contributed by atoms with Crippen molar-refractivity contribution in [3.63, 3.8) is 0 Å². The first-order valence-corrected chi connectivity index (χ1v) is 7.34. The molecule has 19 heavy (non-hydrogen) atoms. The normalized spacial score (nSPS) is 24.8. The molecule has 0 aliphatic carbocycles. The second-order valence-corrected chi connectivity index (χ2v) is 5.77. The second-order valence-electron chi connectivity index (χ2n) is 5.77. The van der Waals surface area contributed by atoms with E-state index in [9.17, 15) is 0 Å². The molecule has 2 rings (SSSR count). The van der Waals surface area contributed by atoms with Crippen LogP contribution in [-0.4, -0.2) is 48.3 Å². The zero-order chi connectivity index (χ0) is 13.7. The molecular formula is C16H26N2O. The molecule has 0 spiro atoms. The molecule has 1 aromatic carbocycles. The van der Waals surface area contributed by atoms with Crippen molar-refractivity contribution in [3.05, 3.63) is 35.9 Å². The summed E-state index contributed by atoms with van der Waals surface area (Å²) in [6.07, 6.45) is 1.16. The van der Waals surface area contributed by atoms with Gasteiger partial charge in [0.15, 0.2) is 0 Å². The molecule has 0 bridgehead atoms. The number of nitrogens with one attached hydrogen (secondary N) is 1. The van der Waals surface area contributed by atoms with Gasteiger partial charge in [0.2, 0.25) is 0 Å². The van der Waals surface area contributed by atoms with Gasteiger partial charge in [0, 0.05) is 31.7 Å². The van der Waals surface area contributed by atoms with Crippen LogP contribution in [0.5, 0.6) is 0 Å². The van der Waals surface area contributed by atoms with Crippen LogP contribution in [0.1, 0.15) is 31.7 Å². The Morgan fingerprint density at radius 2 is 2.00 bits per heavy atom. The summed E-state index contributed by atoms with van der Waals surface area (Å²) in [5.74, 6) is 0.591. The Morgan fingerprint density at radius 3 is 2.63 bits per heavy atom. The SMILES string of the molecule is CC(C)N1CC(NCCO)CC(c2ccccc2)C1. The molecule has 1 aliphatic heterocycles. The molecular weight excluding hydrogens is 236 g/mol. The zero-order valence-electron chi connectivity index (χ0n) is 12.0. The Kier molecular flexibility index (Phi) is 5.37. The maximum atomic E-state index is 8.98. The summed E-state index contributed by atoms with van der Waals surface area (Å²) < 4.78 is 0. The van der Waals surface area contributed by atoms with Crippen LogP contribution in [0.4, 0.5) is 0 Å². The molecule has 0 saturated carbocycles. The fraction of sp³-hybridized carbons (Fsp3) is 0.625. The number of hydrogen-bond acceptors (Lipinski definition) is 3. The average molecular weight is 262 g/mol. The molecule has 3 nitrogen and oxygen atoms in total. The average Bonchev–Trinajstić information content (AvgIpc) is 2.45. The van der Waals surface area contributed by atoms with Crippen LogP contribution in [0.25, 0.3) is 0 Å². The van der Waals surface area contributed by atoms with E-state index in [4.69, 9.17) is 5.11 Å². The summed E-state index contributed by atoms with van der Waals surface area (Å²) in [6, 6.07) is 11.8. The topological polar surface area (TPSA) is 35.5 Å². The third kappa shape index (κ3) is 4.03. The van der Waals surface area contributed by atoms with Crippen LogP contribution < -0.4 is 5.32 Å². The quantitative estimate of drug-likeness (QED) is 0.850. The van der Waals surface area contributed by atoms with Gasteiger partial charge in [-0.05, 0) is 31.7 Å². The lowest BCUT2D eigenvalue weighted by Gasteiger charge is -2.40. The number of rotatable bonds is 5. The fourth-order valence-corrected chi connectivity index (χ4v) is 2.94. The summed E-state index contributed by atoms with van der Waals surface area (Å²) >= 11 is 0. The van der Waals surface area contributed by atoms with Gasteiger partial charge < -0.3 is 10.4 Å². The number of nitrogens with zero attached hydrogens (tertiary/aromatic N) is 1.